The van der Waals surface area contributed by atoms with Crippen LogP contribution in [0.25, 0.3) is 0 Å². The van der Waals surface area contributed by atoms with Gasteiger partial charge in [0.2, 0.25) is 5.95 Å². The molecule has 1 aliphatic heterocycles. The van der Waals surface area contributed by atoms with E-state index in [1.807, 2.05) is 0 Å². The molecule has 1 unspecified atom stereocenters. The fraction of sp³-hybridized carbons (Fsp3) is 0.643. The average Bonchev–Trinajstić information content (AvgIpc) is 2.47. The van der Waals surface area contributed by atoms with Gasteiger partial charge in [-0.25, -0.2) is 9.97 Å². The second-order valence-electron chi connectivity index (χ2n) is 5.63. The zero-order chi connectivity index (χ0) is 17.3. The van der Waals surface area contributed by atoms with E-state index in [-0.39, 0.29) is 38.3 Å². The Labute approximate surface area is 131 Å². The summed E-state index contributed by atoms with van der Waals surface area (Å²) < 4.78 is 38.1. The maximum atomic E-state index is 12.7. The first-order chi connectivity index (χ1) is 10.7. The van der Waals surface area contributed by atoms with Gasteiger partial charge in [-0.2, -0.15) is 13.2 Å². The normalized spacial score (nSPS) is 19.4. The lowest BCUT2D eigenvalue weighted by Gasteiger charge is -2.41. The minimum absolute atomic E-state index is 0.0646. The maximum Gasteiger partial charge on any atom is 0.433 e. The molecule has 1 aliphatic rings. The van der Waals surface area contributed by atoms with Crippen molar-refractivity contribution in [3.8, 4) is 0 Å². The van der Waals surface area contributed by atoms with Crippen molar-refractivity contribution in [2.75, 3.05) is 18.0 Å². The van der Waals surface area contributed by atoms with Crippen molar-refractivity contribution in [2.24, 2.45) is 5.92 Å². The topological polar surface area (TPSA) is 86.5 Å². The Kier molecular flexibility index (Phi) is 4.79. The highest BCUT2D eigenvalue weighted by molar-refractivity contribution is 5.71. The zero-order valence-electron chi connectivity index (χ0n) is 12.5. The van der Waals surface area contributed by atoms with Gasteiger partial charge in [-0.15, -0.1) is 0 Å². The molecule has 0 aliphatic carbocycles. The van der Waals surface area contributed by atoms with Gasteiger partial charge in [-0.05, 0) is 25.3 Å². The molecule has 1 saturated heterocycles. The Morgan fingerprint density at radius 2 is 2.04 bits per heavy atom. The van der Waals surface area contributed by atoms with Crippen molar-refractivity contribution in [3.05, 3.63) is 18.0 Å². The van der Waals surface area contributed by atoms with E-state index in [1.165, 1.54) is 4.90 Å². The highest BCUT2D eigenvalue weighted by atomic mass is 19.4. The summed E-state index contributed by atoms with van der Waals surface area (Å²) in [6.07, 6.45) is -2.95. The van der Waals surface area contributed by atoms with E-state index in [4.69, 9.17) is 0 Å². The van der Waals surface area contributed by atoms with Crippen molar-refractivity contribution in [2.45, 2.75) is 38.0 Å². The van der Waals surface area contributed by atoms with E-state index in [2.05, 4.69) is 9.97 Å². The monoisotopic (exact) mass is 333 g/mol. The van der Waals surface area contributed by atoms with E-state index in [0.29, 0.717) is 0 Å². The third-order valence-corrected chi connectivity index (χ3v) is 4.20. The van der Waals surface area contributed by atoms with Gasteiger partial charge in [0.25, 0.3) is 0 Å². The molecule has 0 radical (unpaired) electrons. The second-order valence-corrected chi connectivity index (χ2v) is 5.63. The molecule has 1 aromatic rings. The van der Waals surface area contributed by atoms with Crippen LogP contribution < -0.4 is 4.90 Å². The van der Waals surface area contributed by atoms with Crippen LogP contribution in [-0.2, 0) is 11.0 Å². The van der Waals surface area contributed by atoms with Crippen molar-refractivity contribution >= 4 is 11.9 Å². The number of aliphatic carboxylic acids is 1. The van der Waals surface area contributed by atoms with E-state index in [9.17, 15) is 28.2 Å². The number of rotatable bonds is 4. The van der Waals surface area contributed by atoms with Gasteiger partial charge in [0.05, 0.1) is 11.5 Å². The van der Waals surface area contributed by atoms with Crippen LogP contribution in [0.1, 0.15) is 31.9 Å². The van der Waals surface area contributed by atoms with Gasteiger partial charge in [0.15, 0.2) is 0 Å². The molecule has 9 heteroatoms. The molecule has 1 atom stereocenters. The molecule has 0 saturated carbocycles. The molecular weight excluding hydrogens is 315 g/mol. The highest BCUT2D eigenvalue weighted by Gasteiger charge is 2.43. The zero-order valence-corrected chi connectivity index (χ0v) is 12.5. The summed E-state index contributed by atoms with van der Waals surface area (Å²) in [4.78, 5) is 20.1. The first-order valence-electron chi connectivity index (χ1n) is 7.28. The molecule has 2 rings (SSSR count). The minimum atomic E-state index is -4.55. The molecular formula is C14H18F3N3O3. The first kappa shape index (κ1) is 17.5. The molecule has 0 amide bonds. The number of carboxylic acid groups (broad SMARTS) is 1. The fourth-order valence-electron chi connectivity index (χ4n) is 2.89. The summed E-state index contributed by atoms with van der Waals surface area (Å²) in [5, 5.41) is 19.7. The minimum Gasteiger partial charge on any atom is -0.481 e. The average molecular weight is 333 g/mol. The number of halogens is 3. The van der Waals surface area contributed by atoms with Gasteiger partial charge in [-0.3, -0.25) is 4.79 Å². The number of hydrogen-bond donors (Lipinski definition) is 2. The summed E-state index contributed by atoms with van der Waals surface area (Å²) in [5.41, 5.74) is -2.39. The van der Waals surface area contributed by atoms with E-state index >= 15 is 0 Å². The quantitative estimate of drug-likeness (QED) is 0.876. The lowest BCUT2D eigenvalue weighted by atomic mass is 9.78. The van der Waals surface area contributed by atoms with Crippen LogP contribution >= 0.6 is 0 Å². The van der Waals surface area contributed by atoms with Crippen LogP contribution in [-0.4, -0.2) is 44.8 Å². The Bertz CT molecular complexity index is 572. The number of nitrogens with zero attached hydrogens (tertiary/aromatic N) is 3. The van der Waals surface area contributed by atoms with Crippen LogP contribution in [0.15, 0.2) is 12.3 Å². The van der Waals surface area contributed by atoms with Crippen LogP contribution in [0.4, 0.5) is 19.1 Å². The lowest BCUT2D eigenvalue weighted by molar-refractivity contribution is -0.154. The van der Waals surface area contributed by atoms with Gasteiger partial charge in [0.1, 0.15) is 5.69 Å². The van der Waals surface area contributed by atoms with Crippen LogP contribution in [0.2, 0.25) is 0 Å². The number of aromatic nitrogens is 2. The summed E-state index contributed by atoms with van der Waals surface area (Å²) >= 11 is 0. The predicted octanol–water partition coefficient (Wildman–Crippen LogP) is 1.94. The van der Waals surface area contributed by atoms with Crippen LogP contribution in [0.5, 0.6) is 0 Å². The lowest BCUT2D eigenvalue weighted by Crippen LogP contribution is -2.51. The molecule has 2 N–H and O–H groups in total. The molecule has 128 valence electrons. The van der Waals surface area contributed by atoms with Crippen molar-refractivity contribution in [1.29, 1.82) is 0 Å². The fourth-order valence-corrected chi connectivity index (χ4v) is 2.89. The standard InChI is InChI=1S/C14H18F3N3O3/c1-2-9(11(21)22)13(23)4-7-20(8-5-13)12-18-6-3-10(19-12)14(15,16)17/h3,6,9,23H,2,4-5,7-8H2,1H3,(H,21,22). The molecule has 0 aromatic carbocycles. The molecule has 23 heavy (non-hydrogen) atoms. The summed E-state index contributed by atoms with van der Waals surface area (Å²) in [6.45, 7) is 2.07. The van der Waals surface area contributed by atoms with Crippen molar-refractivity contribution in [3.63, 3.8) is 0 Å². The number of carboxylic acids is 1. The van der Waals surface area contributed by atoms with Gasteiger partial charge < -0.3 is 15.1 Å². The summed E-state index contributed by atoms with van der Waals surface area (Å²) in [6, 6.07) is 0.793. The summed E-state index contributed by atoms with van der Waals surface area (Å²) in [7, 11) is 0. The third-order valence-electron chi connectivity index (χ3n) is 4.20. The highest BCUT2D eigenvalue weighted by Crippen LogP contribution is 2.34. The third kappa shape index (κ3) is 3.72. The SMILES string of the molecule is CCC(C(=O)O)C1(O)CCN(c2nccc(C(F)(F)F)n2)CC1. The number of hydrogen-bond acceptors (Lipinski definition) is 5. The second kappa shape index (κ2) is 6.31. The molecule has 1 fully saturated rings. The Balaban J connectivity index is 2.12. The molecule has 1 aromatic heterocycles. The van der Waals surface area contributed by atoms with Gasteiger partial charge >= 0.3 is 12.1 Å². The van der Waals surface area contributed by atoms with E-state index in [1.54, 1.807) is 6.92 Å². The predicted molar refractivity (Wildman–Crippen MR) is 74.8 cm³/mol. The number of alkyl halides is 3. The van der Waals surface area contributed by atoms with Crippen molar-refractivity contribution in [1.82, 2.24) is 9.97 Å². The largest absolute Gasteiger partial charge is 0.481 e. The summed E-state index contributed by atoms with van der Waals surface area (Å²) in [5.74, 6) is -2.03. The number of anilines is 1. The Morgan fingerprint density at radius 1 is 1.43 bits per heavy atom. The van der Waals surface area contributed by atoms with E-state index in [0.717, 1.165) is 12.3 Å². The van der Waals surface area contributed by atoms with E-state index < -0.39 is 29.4 Å². The number of piperidine rings is 1. The first-order valence-corrected chi connectivity index (χ1v) is 7.28. The van der Waals surface area contributed by atoms with Crippen molar-refractivity contribution < 1.29 is 28.2 Å². The van der Waals surface area contributed by atoms with Gasteiger partial charge in [-0.1, -0.05) is 6.92 Å². The Morgan fingerprint density at radius 3 is 2.52 bits per heavy atom. The molecule has 0 spiro atoms. The van der Waals surface area contributed by atoms with Crippen LogP contribution in [0.3, 0.4) is 0 Å². The van der Waals surface area contributed by atoms with Crippen LogP contribution in [0, 0.1) is 5.92 Å². The number of aliphatic hydroxyl groups is 1. The maximum absolute atomic E-state index is 12.7. The molecule has 2 heterocycles. The molecule has 6 nitrogen and oxygen atoms in total. The molecule has 0 bridgehead atoms. The number of carbonyl (C=O) groups is 1. The smallest absolute Gasteiger partial charge is 0.433 e. The Hall–Kier alpha value is -1.90. The van der Waals surface area contributed by atoms with Gasteiger partial charge in [0, 0.05) is 19.3 Å².